The number of imidazole rings is 1. The largest absolute Gasteiger partial charge is 0.367 e. The summed E-state index contributed by atoms with van der Waals surface area (Å²) in [6.07, 6.45) is 4.76. The van der Waals surface area contributed by atoms with Crippen LogP contribution in [0.25, 0.3) is 22.7 Å². The number of pyridine rings is 2. The zero-order valence-corrected chi connectivity index (χ0v) is 16.4. The van der Waals surface area contributed by atoms with E-state index in [9.17, 15) is 13.6 Å². The molecule has 8 nitrogen and oxygen atoms in total. The van der Waals surface area contributed by atoms with Crippen LogP contribution in [0.5, 0.6) is 0 Å². The second kappa shape index (κ2) is 6.84. The summed E-state index contributed by atoms with van der Waals surface area (Å²) in [5.74, 6) is -1.26. The van der Waals surface area contributed by atoms with E-state index >= 15 is 0 Å². The lowest BCUT2D eigenvalue weighted by Gasteiger charge is -2.33. The molecule has 5 rings (SSSR count). The first-order chi connectivity index (χ1) is 14.4. The number of piperazine rings is 1. The van der Waals surface area contributed by atoms with Crippen LogP contribution in [0.2, 0.25) is 0 Å². The first kappa shape index (κ1) is 18.6. The fraction of sp³-hybridized carbons (Fsp3) is 0.300. The number of halogens is 2. The molecular weight excluding hydrogens is 392 g/mol. The van der Waals surface area contributed by atoms with Crippen LogP contribution in [-0.4, -0.2) is 49.4 Å². The molecule has 0 spiro atoms. The van der Waals surface area contributed by atoms with Gasteiger partial charge in [0, 0.05) is 55.9 Å². The van der Waals surface area contributed by atoms with E-state index in [0.29, 0.717) is 24.5 Å². The zero-order valence-electron chi connectivity index (χ0n) is 16.4. The van der Waals surface area contributed by atoms with Crippen LogP contribution in [0.3, 0.4) is 0 Å². The molecule has 1 aliphatic rings. The van der Waals surface area contributed by atoms with Crippen LogP contribution in [0.1, 0.15) is 12.6 Å². The van der Waals surface area contributed by atoms with Gasteiger partial charge in [0.15, 0.2) is 28.8 Å². The van der Waals surface area contributed by atoms with Gasteiger partial charge in [0.2, 0.25) is 0 Å². The van der Waals surface area contributed by atoms with E-state index in [0.717, 1.165) is 10.9 Å². The van der Waals surface area contributed by atoms with Gasteiger partial charge in [0.25, 0.3) is 0 Å². The maximum Gasteiger partial charge on any atom is 0.355 e. The van der Waals surface area contributed by atoms with Crippen LogP contribution in [-0.2, 0) is 0 Å². The van der Waals surface area contributed by atoms with Crippen molar-refractivity contribution >= 4 is 17.0 Å². The van der Waals surface area contributed by atoms with Gasteiger partial charge < -0.3 is 14.6 Å². The molecule has 0 amide bonds. The first-order valence-electron chi connectivity index (χ1n) is 9.62. The van der Waals surface area contributed by atoms with E-state index < -0.39 is 17.3 Å². The molecular formula is C20H19F2N7O. The summed E-state index contributed by atoms with van der Waals surface area (Å²) in [7, 11) is 0. The Kier molecular flexibility index (Phi) is 4.24. The molecule has 0 aliphatic carbocycles. The molecule has 0 radical (unpaired) electrons. The van der Waals surface area contributed by atoms with Crippen LogP contribution >= 0.6 is 0 Å². The number of hydrogen-bond acceptors (Lipinski definition) is 6. The van der Waals surface area contributed by atoms with Crippen molar-refractivity contribution in [1.29, 1.82) is 0 Å². The molecule has 5 heterocycles. The highest BCUT2D eigenvalue weighted by Gasteiger charge is 2.19. The molecule has 154 valence electrons. The minimum atomic E-state index is -0.679. The Bertz CT molecular complexity index is 1350. The average molecular weight is 411 g/mol. The van der Waals surface area contributed by atoms with Crippen molar-refractivity contribution in [3.8, 4) is 11.4 Å². The van der Waals surface area contributed by atoms with Crippen molar-refractivity contribution < 1.29 is 8.78 Å². The summed E-state index contributed by atoms with van der Waals surface area (Å²) in [6, 6.07) is 2.82. The predicted molar refractivity (Wildman–Crippen MR) is 108 cm³/mol. The monoisotopic (exact) mass is 411 g/mol. The number of hydrogen-bond donors (Lipinski definition) is 1. The van der Waals surface area contributed by atoms with Crippen LogP contribution < -0.4 is 15.9 Å². The molecule has 0 aromatic carbocycles. The van der Waals surface area contributed by atoms with Gasteiger partial charge in [-0.25, -0.2) is 27.9 Å². The molecule has 1 fully saturated rings. The van der Waals surface area contributed by atoms with Crippen molar-refractivity contribution in [2.24, 2.45) is 0 Å². The molecule has 0 saturated carbocycles. The molecule has 4 aromatic rings. The second-order valence-corrected chi connectivity index (χ2v) is 7.56. The van der Waals surface area contributed by atoms with E-state index in [-0.39, 0.29) is 28.7 Å². The van der Waals surface area contributed by atoms with E-state index in [1.54, 1.807) is 25.5 Å². The van der Waals surface area contributed by atoms with Gasteiger partial charge in [-0.3, -0.25) is 0 Å². The molecule has 30 heavy (non-hydrogen) atoms. The van der Waals surface area contributed by atoms with Gasteiger partial charge in [-0.2, -0.15) is 4.98 Å². The molecule has 1 N–H and O–H groups in total. The highest BCUT2D eigenvalue weighted by Crippen LogP contribution is 2.22. The van der Waals surface area contributed by atoms with Gasteiger partial charge in [-0.15, -0.1) is 0 Å². The SMILES string of the molecule is Cc1cn2cc(-c3nc(=O)n4cc(N5CCNC(C)C5)cc(F)c4n3)cc(F)c2n1. The first-order valence-corrected chi connectivity index (χ1v) is 9.62. The second-order valence-electron chi connectivity index (χ2n) is 7.56. The van der Waals surface area contributed by atoms with Gasteiger partial charge in [-0.1, -0.05) is 0 Å². The zero-order chi connectivity index (χ0) is 21.0. The Morgan fingerprint density at radius 2 is 1.87 bits per heavy atom. The lowest BCUT2D eigenvalue weighted by Crippen LogP contribution is -2.49. The summed E-state index contributed by atoms with van der Waals surface area (Å²) in [4.78, 5) is 27.0. The molecule has 1 aliphatic heterocycles. The maximum atomic E-state index is 14.9. The van der Waals surface area contributed by atoms with E-state index in [2.05, 4.69) is 20.3 Å². The third kappa shape index (κ3) is 3.09. The fourth-order valence-corrected chi connectivity index (χ4v) is 3.83. The van der Waals surface area contributed by atoms with E-state index in [1.807, 2.05) is 11.8 Å². The highest BCUT2D eigenvalue weighted by molar-refractivity contribution is 5.61. The number of anilines is 1. The molecule has 4 aromatic heterocycles. The Labute approximate surface area is 169 Å². The third-order valence-electron chi connectivity index (χ3n) is 5.22. The quantitative estimate of drug-likeness (QED) is 0.542. The molecule has 10 heteroatoms. The minimum absolute atomic E-state index is 0.0467. The van der Waals surface area contributed by atoms with Crippen molar-refractivity contribution in [3.63, 3.8) is 0 Å². The Morgan fingerprint density at radius 3 is 2.67 bits per heavy atom. The molecule has 1 saturated heterocycles. The molecule has 1 atom stereocenters. The summed E-state index contributed by atoms with van der Waals surface area (Å²) in [5, 5.41) is 3.32. The van der Waals surface area contributed by atoms with Crippen LogP contribution in [0, 0.1) is 18.6 Å². The van der Waals surface area contributed by atoms with Gasteiger partial charge in [-0.05, 0) is 19.9 Å². The Hall–Kier alpha value is -3.40. The minimum Gasteiger partial charge on any atom is -0.367 e. The number of nitrogens with zero attached hydrogens (tertiary/aromatic N) is 6. The van der Waals surface area contributed by atoms with Crippen LogP contribution in [0.4, 0.5) is 14.5 Å². The number of rotatable bonds is 2. The molecule has 1 unspecified atom stereocenters. The third-order valence-corrected chi connectivity index (χ3v) is 5.22. The summed E-state index contributed by atoms with van der Waals surface area (Å²) in [6.45, 7) is 5.96. The summed E-state index contributed by atoms with van der Waals surface area (Å²) >= 11 is 0. The maximum absolute atomic E-state index is 14.9. The van der Waals surface area contributed by atoms with Gasteiger partial charge in [0.1, 0.15) is 0 Å². The lowest BCUT2D eigenvalue weighted by molar-refractivity contribution is 0.483. The van der Waals surface area contributed by atoms with Crippen molar-refractivity contribution in [1.82, 2.24) is 29.1 Å². The number of aromatic nitrogens is 5. The number of nitrogens with one attached hydrogen (secondary N) is 1. The predicted octanol–water partition coefficient (Wildman–Crippen LogP) is 1.79. The van der Waals surface area contributed by atoms with Gasteiger partial charge in [0.05, 0.1) is 11.4 Å². The topological polar surface area (TPSA) is 79.8 Å². The lowest BCUT2D eigenvalue weighted by atomic mass is 10.2. The van der Waals surface area contributed by atoms with Crippen molar-refractivity contribution in [3.05, 3.63) is 58.5 Å². The Morgan fingerprint density at radius 1 is 1.07 bits per heavy atom. The number of aryl methyl sites for hydroxylation is 1. The average Bonchev–Trinajstić information content (AvgIpc) is 3.09. The van der Waals surface area contributed by atoms with Crippen molar-refractivity contribution in [2.45, 2.75) is 19.9 Å². The standard InChI is InChI=1S/C20H19F2N7O/c1-11-7-27(4-3-23-11)14-6-16(22)19-25-17(26-20(30)29(19)10-14)13-5-15(21)18-24-12(2)8-28(18)9-13/h5-6,8-11,23H,3-4,7H2,1-2H3. The van der Waals surface area contributed by atoms with Gasteiger partial charge >= 0.3 is 5.69 Å². The highest BCUT2D eigenvalue weighted by atomic mass is 19.1. The van der Waals surface area contributed by atoms with E-state index in [4.69, 9.17) is 0 Å². The summed E-state index contributed by atoms with van der Waals surface area (Å²) in [5.41, 5.74) is 0.825. The fourth-order valence-electron chi connectivity index (χ4n) is 3.83. The van der Waals surface area contributed by atoms with Crippen molar-refractivity contribution in [2.75, 3.05) is 24.5 Å². The Balaban J connectivity index is 1.63. The van der Waals surface area contributed by atoms with E-state index in [1.165, 1.54) is 16.5 Å². The summed E-state index contributed by atoms with van der Waals surface area (Å²) < 4.78 is 31.9. The number of fused-ring (bicyclic) bond motifs is 2. The van der Waals surface area contributed by atoms with Crippen LogP contribution in [0.15, 0.2) is 35.5 Å². The smallest absolute Gasteiger partial charge is 0.355 e. The normalized spacial score (nSPS) is 17.2. The molecule has 0 bridgehead atoms.